The van der Waals surface area contributed by atoms with Crippen LogP contribution in [0.5, 0.6) is 0 Å². The number of rotatable bonds is 6. The number of aromatic nitrogens is 2. The lowest BCUT2D eigenvalue weighted by Crippen LogP contribution is -2.05. The first-order valence-corrected chi connectivity index (χ1v) is 5.78. The monoisotopic (exact) mass is 207 g/mol. The van der Waals surface area contributed by atoms with Gasteiger partial charge in [0.25, 0.3) is 0 Å². The molecule has 0 aliphatic carbocycles. The zero-order chi connectivity index (χ0) is 11.1. The summed E-state index contributed by atoms with van der Waals surface area (Å²) in [5, 5.41) is 3.30. The molecule has 0 aliphatic rings. The van der Waals surface area contributed by atoms with Crippen LogP contribution in [0.2, 0.25) is 0 Å². The van der Waals surface area contributed by atoms with Crippen LogP contribution in [0.25, 0.3) is 0 Å². The van der Waals surface area contributed by atoms with E-state index in [0.29, 0.717) is 0 Å². The molecule has 0 amide bonds. The number of hydrogen-bond acceptors (Lipinski definition) is 3. The molecule has 1 rings (SSSR count). The third-order valence-electron chi connectivity index (χ3n) is 2.53. The van der Waals surface area contributed by atoms with E-state index < -0.39 is 0 Å². The van der Waals surface area contributed by atoms with Crippen LogP contribution in [-0.4, -0.2) is 16.5 Å². The maximum atomic E-state index is 4.42. The molecule has 1 aromatic heterocycles. The SMILES string of the molecule is CCCCCCNc1cnc(C)c(C)n1. The standard InChI is InChI=1S/C12H21N3/c1-4-5-6-7-8-13-12-9-14-10(2)11(3)15-12/h9H,4-8H2,1-3H3,(H,13,15). The fraction of sp³-hybridized carbons (Fsp3) is 0.667. The van der Waals surface area contributed by atoms with Crippen molar-refractivity contribution in [2.45, 2.75) is 46.5 Å². The van der Waals surface area contributed by atoms with Crippen LogP contribution in [0.3, 0.4) is 0 Å². The van der Waals surface area contributed by atoms with Crippen LogP contribution in [0.15, 0.2) is 6.20 Å². The quantitative estimate of drug-likeness (QED) is 0.728. The fourth-order valence-electron chi connectivity index (χ4n) is 1.40. The fourth-order valence-corrected chi connectivity index (χ4v) is 1.40. The van der Waals surface area contributed by atoms with Crippen LogP contribution < -0.4 is 5.32 Å². The molecule has 1 N–H and O–H groups in total. The summed E-state index contributed by atoms with van der Waals surface area (Å²) in [6.45, 7) is 7.19. The first-order chi connectivity index (χ1) is 7.24. The second kappa shape index (κ2) is 6.38. The first kappa shape index (κ1) is 12.0. The topological polar surface area (TPSA) is 37.8 Å². The van der Waals surface area contributed by atoms with Gasteiger partial charge in [-0.3, -0.25) is 4.98 Å². The molecule has 0 aliphatic heterocycles. The van der Waals surface area contributed by atoms with E-state index in [9.17, 15) is 0 Å². The van der Waals surface area contributed by atoms with E-state index in [1.54, 1.807) is 0 Å². The van der Waals surface area contributed by atoms with Gasteiger partial charge in [0, 0.05) is 6.54 Å². The molecule has 0 atom stereocenters. The Morgan fingerprint density at radius 2 is 1.93 bits per heavy atom. The first-order valence-electron chi connectivity index (χ1n) is 5.78. The molecule has 0 spiro atoms. The minimum Gasteiger partial charge on any atom is -0.369 e. The van der Waals surface area contributed by atoms with Crippen LogP contribution in [0.1, 0.15) is 44.0 Å². The molecule has 0 radical (unpaired) electrons. The largest absolute Gasteiger partial charge is 0.369 e. The Kier molecular flexibility index (Phi) is 5.08. The summed E-state index contributed by atoms with van der Waals surface area (Å²) >= 11 is 0. The smallest absolute Gasteiger partial charge is 0.144 e. The van der Waals surface area contributed by atoms with Crippen molar-refractivity contribution in [1.29, 1.82) is 0 Å². The normalized spacial score (nSPS) is 10.3. The maximum absolute atomic E-state index is 4.42. The van der Waals surface area contributed by atoms with Gasteiger partial charge in [-0.1, -0.05) is 26.2 Å². The van der Waals surface area contributed by atoms with Crippen LogP contribution in [-0.2, 0) is 0 Å². The van der Waals surface area contributed by atoms with Crippen molar-refractivity contribution in [3.05, 3.63) is 17.6 Å². The zero-order valence-electron chi connectivity index (χ0n) is 10.0. The van der Waals surface area contributed by atoms with E-state index in [1.807, 2.05) is 20.0 Å². The molecule has 3 nitrogen and oxygen atoms in total. The minimum absolute atomic E-state index is 0.898. The number of unbranched alkanes of at least 4 members (excludes halogenated alkanes) is 3. The van der Waals surface area contributed by atoms with Crippen molar-refractivity contribution in [2.75, 3.05) is 11.9 Å². The number of nitrogens with one attached hydrogen (secondary N) is 1. The molecule has 0 aromatic carbocycles. The van der Waals surface area contributed by atoms with Crippen molar-refractivity contribution < 1.29 is 0 Å². The van der Waals surface area contributed by atoms with Gasteiger partial charge in [0.15, 0.2) is 0 Å². The Bertz CT molecular complexity index is 297. The maximum Gasteiger partial charge on any atom is 0.144 e. The molecule has 3 heteroatoms. The Morgan fingerprint density at radius 3 is 2.60 bits per heavy atom. The van der Waals surface area contributed by atoms with Crippen molar-refractivity contribution in [1.82, 2.24) is 9.97 Å². The number of anilines is 1. The third-order valence-corrected chi connectivity index (χ3v) is 2.53. The molecule has 15 heavy (non-hydrogen) atoms. The van der Waals surface area contributed by atoms with E-state index in [-0.39, 0.29) is 0 Å². The summed E-state index contributed by atoms with van der Waals surface area (Å²) in [4.78, 5) is 8.69. The lowest BCUT2D eigenvalue weighted by molar-refractivity contribution is 0.684. The van der Waals surface area contributed by atoms with Gasteiger partial charge in [0.2, 0.25) is 0 Å². The number of hydrogen-bond donors (Lipinski definition) is 1. The van der Waals surface area contributed by atoms with Gasteiger partial charge in [0.05, 0.1) is 17.6 Å². The van der Waals surface area contributed by atoms with E-state index in [1.165, 1.54) is 25.7 Å². The summed E-state index contributed by atoms with van der Waals surface area (Å²) in [5.41, 5.74) is 2.01. The van der Waals surface area contributed by atoms with Crippen molar-refractivity contribution in [3.8, 4) is 0 Å². The van der Waals surface area contributed by atoms with E-state index in [0.717, 1.165) is 23.8 Å². The van der Waals surface area contributed by atoms with Gasteiger partial charge in [-0.25, -0.2) is 4.98 Å². The third kappa shape index (κ3) is 4.28. The van der Waals surface area contributed by atoms with E-state index in [2.05, 4.69) is 22.2 Å². The zero-order valence-corrected chi connectivity index (χ0v) is 10.0. The van der Waals surface area contributed by atoms with Crippen LogP contribution in [0.4, 0.5) is 5.82 Å². The van der Waals surface area contributed by atoms with Crippen LogP contribution >= 0.6 is 0 Å². The summed E-state index contributed by atoms with van der Waals surface area (Å²) in [5.74, 6) is 0.898. The number of aryl methyl sites for hydroxylation is 2. The lowest BCUT2D eigenvalue weighted by atomic mass is 10.2. The Balaban J connectivity index is 2.28. The lowest BCUT2D eigenvalue weighted by Gasteiger charge is -2.06. The van der Waals surface area contributed by atoms with Gasteiger partial charge >= 0.3 is 0 Å². The van der Waals surface area contributed by atoms with Gasteiger partial charge in [-0.05, 0) is 20.3 Å². The van der Waals surface area contributed by atoms with E-state index >= 15 is 0 Å². The minimum atomic E-state index is 0.898. The molecule has 0 saturated heterocycles. The predicted octanol–water partition coefficient (Wildman–Crippen LogP) is 3.09. The highest BCUT2D eigenvalue weighted by molar-refractivity contribution is 5.32. The Hall–Kier alpha value is -1.12. The van der Waals surface area contributed by atoms with Crippen LogP contribution in [0, 0.1) is 13.8 Å². The molecule has 0 saturated carbocycles. The Labute approximate surface area is 92.3 Å². The van der Waals surface area contributed by atoms with Crippen molar-refractivity contribution in [3.63, 3.8) is 0 Å². The molecular formula is C12H21N3. The second-order valence-electron chi connectivity index (χ2n) is 3.91. The van der Waals surface area contributed by atoms with Crippen molar-refractivity contribution in [2.24, 2.45) is 0 Å². The van der Waals surface area contributed by atoms with E-state index in [4.69, 9.17) is 0 Å². The molecule has 0 unspecified atom stereocenters. The Morgan fingerprint density at radius 1 is 1.13 bits per heavy atom. The predicted molar refractivity (Wildman–Crippen MR) is 64.1 cm³/mol. The summed E-state index contributed by atoms with van der Waals surface area (Å²) in [6, 6.07) is 0. The summed E-state index contributed by atoms with van der Waals surface area (Å²) < 4.78 is 0. The highest BCUT2D eigenvalue weighted by Crippen LogP contribution is 2.06. The van der Waals surface area contributed by atoms with Gasteiger partial charge < -0.3 is 5.32 Å². The van der Waals surface area contributed by atoms with Gasteiger partial charge in [-0.2, -0.15) is 0 Å². The molecular weight excluding hydrogens is 186 g/mol. The average Bonchev–Trinajstić information content (AvgIpc) is 2.23. The highest BCUT2D eigenvalue weighted by atomic mass is 15.0. The molecule has 84 valence electrons. The van der Waals surface area contributed by atoms with Gasteiger partial charge in [-0.15, -0.1) is 0 Å². The number of nitrogens with zero attached hydrogens (tertiary/aromatic N) is 2. The second-order valence-corrected chi connectivity index (χ2v) is 3.91. The molecule has 1 aromatic rings. The molecule has 0 fully saturated rings. The molecule has 0 bridgehead atoms. The van der Waals surface area contributed by atoms with Crippen molar-refractivity contribution >= 4 is 5.82 Å². The highest BCUT2D eigenvalue weighted by Gasteiger charge is 1.97. The molecule has 1 heterocycles. The van der Waals surface area contributed by atoms with Gasteiger partial charge in [0.1, 0.15) is 5.82 Å². The summed E-state index contributed by atoms with van der Waals surface area (Å²) in [6.07, 6.45) is 6.91. The summed E-state index contributed by atoms with van der Waals surface area (Å²) in [7, 11) is 0. The average molecular weight is 207 g/mol.